The SMILES string of the molecule is COc1ccc(-c2cccc3[nH]c4c(c23)CCN(Cc2ccccc2)CCC4)c(C)c1. The number of benzene rings is 3. The van der Waals surface area contributed by atoms with E-state index in [-0.39, 0.29) is 0 Å². The molecule has 1 aliphatic heterocycles. The van der Waals surface area contributed by atoms with E-state index in [0.29, 0.717) is 0 Å². The first-order valence-corrected chi connectivity index (χ1v) is 11.3. The van der Waals surface area contributed by atoms with Crippen LogP contribution in [0, 0.1) is 6.92 Å². The molecule has 0 aliphatic carbocycles. The summed E-state index contributed by atoms with van der Waals surface area (Å²) in [6.07, 6.45) is 3.37. The van der Waals surface area contributed by atoms with Crippen molar-refractivity contribution in [1.29, 1.82) is 0 Å². The number of hydrogen-bond acceptors (Lipinski definition) is 2. The molecule has 0 saturated carbocycles. The zero-order chi connectivity index (χ0) is 21.2. The Kier molecular flexibility index (Phi) is 5.52. The van der Waals surface area contributed by atoms with Gasteiger partial charge >= 0.3 is 0 Å². The molecule has 1 N–H and O–H groups in total. The minimum atomic E-state index is 0.911. The molecule has 3 aromatic carbocycles. The van der Waals surface area contributed by atoms with Crippen molar-refractivity contribution in [3.05, 3.63) is 89.1 Å². The van der Waals surface area contributed by atoms with Crippen LogP contribution in [-0.4, -0.2) is 30.1 Å². The van der Waals surface area contributed by atoms with E-state index in [1.165, 1.54) is 50.8 Å². The molecule has 1 aromatic heterocycles. The number of nitrogens with zero attached hydrogens (tertiary/aromatic N) is 1. The predicted molar refractivity (Wildman–Crippen MR) is 129 cm³/mol. The van der Waals surface area contributed by atoms with Crippen molar-refractivity contribution in [2.45, 2.75) is 32.7 Å². The lowest BCUT2D eigenvalue weighted by molar-refractivity contribution is 0.261. The van der Waals surface area contributed by atoms with Crippen LogP contribution in [0.4, 0.5) is 0 Å². The van der Waals surface area contributed by atoms with Crippen LogP contribution >= 0.6 is 0 Å². The normalized spacial score (nSPS) is 14.8. The fourth-order valence-electron chi connectivity index (χ4n) is 5.01. The molecule has 158 valence electrons. The Hall–Kier alpha value is -3.04. The predicted octanol–water partition coefficient (Wildman–Crippen LogP) is 6.14. The number of hydrogen-bond donors (Lipinski definition) is 1. The fraction of sp³-hybridized carbons (Fsp3) is 0.286. The summed E-state index contributed by atoms with van der Waals surface area (Å²) in [5, 5.41) is 1.40. The number of aromatic nitrogens is 1. The van der Waals surface area contributed by atoms with Crippen LogP contribution < -0.4 is 4.74 Å². The van der Waals surface area contributed by atoms with Crippen molar-refractivity contribution in [3.63, 3.8) is 0 Å². The van der Waals surface area contributed by atoms with E-state index in [0.717, 1.165) is 38.2 Å². The highest BCUT2D eigenvalue weighted by atomic mass is 16.5. The first-order chi connectivity index (χ1) is 15.2. The minimum Gasteiger partial charge on any atom is -0.497 e. The molecule has 0 unspecified atom stereocenters. The van der Waals surface area contributed by atoms with E-state index in [1.807, 2.05) is 0 Å². The van der Waals surface area contributed by atoms with Gasteiger partial charge in [-0.3, -0.25) is 4.90 Å². The van der Waals surface area contributed by atoms with Gasteiger partial charge in [-0.25, -0.2) is 0 Å². The molecular weight excluding hydrogens is 380 g/mol. The van der Waals surface area contributed by atoms with Gasteiger partial charge in [0.15, 0.2) is 0 Å². The van der Waals surface area contributed by atoms with Crippen molar-refractivity contribution in [2.75, 3.05) is 20.2 Å². The lowest BCUT2D eigenvalue weighted by Crippen LogP contribution is -2.29. The molecule has 3 nitrogen and oxygen atoms in total. The van der Waals surface area contributed by atoms with Gasteiger partial charge in [0.05, 0.1) is 7.11 Å². The highest BCUT2D eigenvalue weighted by molar-refractivity contribution is 5.99. The molecule has 0 fully saturated rings. The topological polar surface area (TPSA) is 28.3 Å². The van der Waals surface area contributed by atoms with Crippen LogP contribution in [0.2, 0.25) is 0 Å². The first-order valence-electron chi connectivity index (χ1n) is 11.3. The lowest BCUT2D eigenvalue weighted by Gasteiger charge is -2.25. The van der Waals surface area contributed by atoms with E-state index < -0.39 is 0 Å². The summed E-state index contributed by atoms with van der Waals surface area (Å²) in [4.78, 5) is 6.37. The third kappa shape index (κ3) is 3.98. The summed E-state index contributed by atoms with van der Waals surface area (Å²) in [6, 6.07) is 23.9. The standard InChI is InChI=1S/C28H30N2O/c1-20-18-22(31-2)13-14-23(20)24-10-6-11-27-28(24)25-15-17-30(16-7-12-26(25)29-27)19-21-8-4-3-5-9-21/h3-6,8-11,13-14,18,29H,7,12,15-17,19H2,1-2H3. The number of ether oxygens (including phenoxy) is 1. The van der Waals surface area contributed by atoms with Crippen molar-refractivity contribution >= 4 is 10.9 Å². The summed E-state index contributed by atoms with van der Waals surface area (Å²) >= 11 is 0. The van der Waals surface area contributed by atoms with E-state index in [1.54, 1.807) is 7.11 Å². The maximum atomic E-state index is 5.43. The Labute approximate surface area is 184 Å². The Balaban J connectivity index is 1.51. The van der Waals surface area contributed by atoms with Crippen molar-refractivity contribution in [3.8, 4) is 16.9 Å². The van der Waals surface area contributed by atoms with Gasteiger partial charge in [0, 0.05) is 29.7 Å². The van der Waals surface area contributed by atoms with Gasteiger partial charge in [0.2, 0.25) is 0 Å². The van der Waals surface area contributed by atoms with Crippen LogP contribution in [0.25, 0.3) is 22.0 Å². The van der Waals surface area contributed by atoms with Gasteiger partial charge in [-0.2, -0.15) is 0 Å². The second kappa shape index (κ2) is 8.60. The average molecular weight is 411 g/mol. The van der Waals surface area contributed by atoms with Crippen molar-refractivity contribution < 1.29 is 4.74 Å². The smallest absolute Gasteiger partial charge is 0.119 e. The number of fused-ring (bicyclic) bond motifs is 3. The number of nitrogens with one attached hydrogen (secondary N) is 1. The minimum absolute atomic E-state index is 0.911. The van der Waals surface area contributed by atoms with Gasteiger partial charge in [0.1, 0.15) is 5.75 Å². The molecule has 0 spiro atoms. The van der Waals surface area contributed by atoms with Crippen LogP contribution in [-0.2, 0) is 19.4 Å². The van der Waals surface area contributed by atoms with Gasteiger partial charge < -0.3 is 9.72 Å². The zero-order valence-corrected chi connectivity index (χ0v) is 18.4. The van der Waals surface area contributed by atoms with Crippen LogP contribution in [0.5, 0.6) is 5.75 Å². The van der Waals surface area contributed by atoms with Gasteiger partial charge in [-0.15, -0.1) is 0 Å². The van der Waals surface area contributed by atoms with E-state index >= 15 is 0 Å². The summed E-state index contributed by atoms with van der Waals surface area (Å²) in [7, 11) is 1.73. The number of H-pyrrole nitrogens is 1. The highest BCUT2D eigenvalue weighted by Gasteiger charge is 2.20. The largest absolute Gasteiger partial charge is 0.497 e. The second-order valence-electron chi connectivity index (χ2n) is 8.61. The number of aromatic amines is 1. The quantitative estimate of drug-likeness (QED) is 0.437. The van der Waals surface area contributed by atoms with Crippen LogP contribution in [0.15, 0.2) is 66.7 Å². The number of methoxy groups -OCH3 is 1. The molecule has 0 bridgehead atoms. The van der Waals surface area contributed by atoms with Gasteiger partial charge in [-0.1, -0.05) is 48.5 Å². The maximum absolute atomic E-state index is 5.43. The molecule has 31 heavy (non-hydrogen) atoms. The molecule has 0 saturated heterocycles. The van der Waals surface area contributed by atoms with Crippen LogP contribution in [0.1, 0.15) is 28.8 Å². The molecule has 1 aliphatic rings. The monoisotopic (exact) mass is 410 g/mol. The summed E-state index contributed by atoms with van der Waals surface area (Å²) < 4.78 is 5.43. The van der Waals surface area contributed by atoms with Gasteiger partial charge in [0.25, 0.3) is 0 Å². The number of rotatable bonds is 4. The van der Waals surface area contributed by atoms with E-state index in [2.05, 4.69) is 83.5 Å². The molecular formula is C28H30N2O. The molecule has 0 atom stereocenters. The van der Waals surface area contributed by atoms with Crippen molar-refractivity contribution in [1.82, 2.24) is 9.88 Å². The molecule has 3 heteroatoms. The summed E-state index contributed by atoms with van der Waals surface area (Å²) in [5.74, 6) is 0.911. The van der Waals surface area contributed by atoms with E-state index in [9.17, 15) is 0 Å². The molecule has 2 heterocycles. The average Bonchev–Trinajstić information content (AvgIpc) is 3.13. The third-order valence-electron chi connectivity index (χ3n) is 6.57. The van der Waals surface area contributed by atoms with E-state index in [4.69, 9.17) is 4.74 Å². The Morgan fingerprint density at radius 3 is 2.58 bits per heavy atom. The highest BCUT2D eigenvalue weighted by Crippen LogP contribution is 2.37. The van der Waals surface area contributed by atoms with Gasteiger partial charge in [-0.05, 0) is 78.7 Å². The fourth-order valence-corrected chi connectivity index (χ4v) is 5.01. The van der Waals surface area contributed by atoms with Crippen molar-refractivity contribution in [2.24, 2.45) is 0 Å². The molecule has 0 amide bonds. The third-order valence-corrected chi connectivity index (χ3v) is 6.57. The van der Waals surface area contributed by atoms with Crippen LogP contribution in [0.3, 0.4) is 0 Å². The Morgan fingerprint density at radius 1 is 0.903 bits per heavy atom. The number of aryl methyl sites for hydroxylation is 2. The zero-order valence-electron chi connectivity index (χ0n) is 18.4. The second-order valence-corrected chi connectivity index (χ2v) is 8.61. The maximum Gasteiger partial charge on any atom is 0.119 e. The Bertz CT molecular complexity index is 1190. The molecule has 4 aromatic rings. The lowest BCUT2D eigenvalue weighted by atomic mass is 9.93. The first kappa shape index (κ1) is 19.9. The molecule has 5 rings (SSSR count). The summed E-state index contributed by atoms with van der Waals surface area (Å²) in [5.41, 5.74) is 9.44. The Morgan fingerprint density at radius 2 is 1.77 bits per heavy atom. The summed E-state index contributed by atoms with van der Waals surface area (Å²) in [6.45, 7) is 5.44. The molecule has 0 radical (unpaired) electrons.